The van der Waals surface area contributed by atoms with E-state index in [0.717, 1.165) is 48.7 Å². The molecule has 2 aliphatic rings. The first kappa shape index (κ1) is 26.3. The Labute approximate surface area is 225 Å². The molecule has 5 rings (SSSR count). The number of fused-ring (bicyclic) bond motifs is 1. The van der Waals surface area contributed by atoms with Crippen molar-refractivity contribution in [2.45, 2.75) is 45.3 Å². The number of aryl methyl sites for hydroxylation is 1. The first-order valence-electron chi connectivity index (χ1n) is 13.6. The average molecular weight is 518 g/mol. The first-order valence-corrected chi connectivity index (χ1v) is 13.6. The molecule has 1 aromatic heterocycles. The summed E-state index contributed by atoms with van der Waals surface area (Å²) in [5, 5.41) is 2.89. The molecule has 3 aromatic rings. The number of rotatable bonds is 11. The van der Waals surface area contributed by atoms with Crippen molar-refractivity contribution in [1.29, 1.82) is 0 Å². The van der Waals surface area contributed by atoms with Crippen molar-refractivity contribution in [2.24, 2.45) is 5.92 Å². The number of ether oxygens (including phenoxy) is 3. The van der Waals surface area contributed by atoms with Crippen LogP contribution >= 0.6 is 0 Å². The molecule has 0 bridgehead atoms. The van der Waals surface area contributed by atoms with Gasteiger partial charge in [0.15, 0.2) is 0 Å². The average Bonchev–Trinajstić information content (AvgIpc) is 3.52. The van der Waals surface area contributed by atoms with E-state index >= 15 is 0 Å². The van der Waals surface area contributed by atoms with Crippen molar-refractivity contribution >= 4 is 5.91 Å². The number of likely N-dealkylation sites (tertiary alicyclic amines) is 1. The van der Waals surface area contributed by atoms with Crippen molar-refractivity contribution in [2.75, 3.05) is 40.0 Å². The van der Waals surface area contributed by atoms with E-state index in [9.17, 15) is 4.79 Å². The van der Waals surface area contributed by atoms with Crippen LogP contribution in [0.1, 0.15) is 46.3 Å². The van der Waals surface area contributed by atoms with Crippen molar-refractivity contribution in [3.05, 3.63) is 83.2 Å². The third kappa shape index (κ3) is 6.05. The van der Waals surface area contributed by atoms with E-state index in [2.05, 4.69) is 65.3 Å². The Morgan fingerprint density at radius 2 is 1.89 bits per heavy atom. The third-order valence-corrected chi connectivity index (χ3v) is 8.03. The maximum absolute atomic E-state index is 12.2. The highest BCUT2D eigenvalue weighted by molar-refractivity contribution is 5.98. The van der Waals surface area contributed by atoms with E-state index in [-0.39, 0.29) is 11.8 Å². The standard InChI is InChI=1S/C31H39N3O4/c1-22-9-11-33(20-22)13-14-34-12-10-28(24-5-4-6-26(17-24)37-16-15-36-3)30(23(34)2)21-38-27-8-7-25-19-32-31(35)29(25)18-27/h4-9,11,17-18,20,23,28,30H,10,12-16,19,21H2,1-3H3,(H,32,35). The molecule has 1 N–H and O–H groups in total. The number of hydrogen-bond donors (Lipinski definition) is 1. The number of carbonyl (C=O) groups is 1. The number of nitrogens with zero attached hydrogens (tertiary/aromatic N) is 2. The van der Waals surface area contributed by atoms with E-state index < -0.39 is 0 Å². The number of benzene rings is 2. The summed E-state index contributed by atoms with van der Waals surface area (Å²) in [4.78, 5) is 14.8. The maximum Gasteiger partial charge on any atom is 0.252 e. The molecule has 0 aliphatic carbocycles. The fourth-order valence-electron chi connectivity index (χ4n) is 5.81. The minimum atomic E-state index is -0.0222. The summed E-state index contributed by atoms with van der Waals surface area (Å²) in [6.45, 7) is 9.74. The minimum Gasteiger partial charge on any atom is -0.493 e. The van der Waals surface area contributed by atoms with Gasteiger partial charge in [0, 0.05) is 56.7 Å². The van der Waals surface area contributed by atoms with Crippen molar-refractivity contribution in [3.63, 3.8) is 0 Å². The molecule has 2 aliphatic heterocycles. The highest BCUT2D eigenvalue weighted by Crippen LogP contribution is 2.38. The van der Waals surface area contributed by atoms with Gasteiger partial charge in [0.25, 0.3) is 5.91 Å². The lowest BCUT2D eigenvalue weighted by Gasteiger charge is -2.44. The Morgan fingerprint density at radius 3 is 2.71 bits per heavy atom. The zero-order valence-corrected chi connectivity index (χ0v) is 22.7. The van der Waals surface area contributed by atoms with Gasteiger partial charge < -0.3 is 24.1 Å². The fourth-order valence-corrected chi connectivity index (χ4v) is 5.81. The summed E-state index contributed by atoms with van der Waals surface area (Å²) in [5.41, 5.74) is 4.33. The molecule has 2 aromatic carbocycles. The van der Waals surface area contributed by atoms with E-state index in [1.54, 1.807) is 7.11 Å². The first-order chi connectivity index (χ1) is 18.5. The van der Waals surface area contributed by atoms with Crippen LogP contribution in [0.2, 0.25) is 0 Å². The normalized spacial score (nSPS) is 21.2. The molecular formula is C31H39N3O4. The van der Waals surface area contributed by atoms with Crippen molar-refractivity contribution in [3.8, 4) is 11.5 Å². The Kier molecular flexibility index (Phi) is 8.35. The van der Waals surface area contributed by atoms with E-state index in [0.29, 0.717) is 38.3 Å². The molecule has 1 amide bonds. The predicted molar refractivity (Wildman–Crippen MR) is 148 cm³/mol. The lowest BCUT2D eigenvalue weighted by molar-refractivity contribution is 0.0538. The molecule has 0 saturated carbocycles. The number of amides is 1. The predicted octanol–water partition coefficient (Wildman–Crippen LogP) is 4.64. The van der Waals surface area contributed by atoms with Gasteiger partial charge in [-0.2, -0.15) is 0 Å². The molecule has 3 heterocycles. The Bertz CT molecular complexity index is 1240. The zero-order valence-electron chi connectivity index (χ0n) is 22.7. The summed E-state index contributed by atoms with van der Waals surface area (Å²) < 4.78 is 19.7. The quantitative estimate of drug-likeness (QED) is 0.376. The zero-order chi connectivity index (χ0) is 26.5. The van der Waals surface area contributed by atoms with Crippen molar-refractivity contribution < 1.29 is 19.0 Å². The number of hydrogen-bond acceptors (Lipinski definition) is 5. The van der Waals surface area contributed by atoms with Crippen LogP contribution in [0.4, 0.5) is 0 Å². The van der Waals surface area contributed by atoms with Crippen LogP contribution in [-0.4, -0.2) is 61.4 Å². The van der Waals surface area contributed by atoms with Crippen LogP contribution in [0.25, 0.3) is 0 Å². The fraction of sp³-hybridized carbons (Fsp3) is 0.452. The molecule has 1 saturated heterocycles. The topological polar surface area (TPSA) is 65.0 Å². The van der Waals surface area contributed by atoms with Crippen LogP contribution in [0.5, 0.6) is 11.5 Å². The second kappa shape index (κ2) is 12.0. The monoisotopic (exact) mass is 517 g/mol. The number of piperidine rings is 1. The van der Waals surface area contributed by atoms with E-state index in [1.165, 1.54) is 11.1 Å². The highest BCUT2D eigenvalue weighted by Gasteiger charge is 2.37. The number of nitrogens with one attached hydrogen (secondary N) is 1. The summed E-state index contributed by atoms with van der Waals surface area (Å²) in [6, 6.07) is 16.8. The van der Waals surface area contributed by atoms with Crippen LogP contribution in [0, 0.1) is 12.8 Å². The Balaban J connectivity index is 1.33. The summed E-state index contributed by atoms with van der Waals surface area (Å²) >= 11 is 0. The largest absolute Gasteiger partial charge is 0.493 e. The number of aromatic nitrogens is 1. The van der Waals surface area contributed by atoms with Crippen LogP contribution in [0.3, 0.4) is 0 Å². The Morgan fingerprint density at radius 1 is 1.03 bits per heavy atom. The number of methoxy groups -OCH3 is 1. The molecule has 38 heavy (non-hydrogen) atoms. The maximum atomic E-state index is 12.2. The van der Waals surface area contributed by atoms with Gasteiger partial charge in [0.05, 0.1) is 13.2 Å². The molecule has 0 radical (unpaired) electrons. The third-order valence-electron chi connectivity index (χ3n) is 8.03. The molecule has 1 fully saturated rings. The SMILES string of the molecule is COCCOc1cccc(C2CCN(CCn3ccc(C)c3)C(C)C2COc2ccc3c(c2)C(=O)NC3)c1. The molecule has 3 unspecified atom stereocenters. The molecule has 3 atom stereocenters. The second-order valence-electron chi connectivity index (χ2n) is 10.5. The summed E-state index contributed by atoms with van der Waals surface area (Å²) in [7, 11) is 1.68. The van der Waals surface area contributed by atoms with Gasteiger partial charge >= 0.3 is 0 Å². The lowest BCUT2D eigenvalue weighted by Crippen LogP contribution is -2.49. The molecular weight excluding hydrogens is 478 g/mol. The van der Waals surface area contributed by atoms with Gasteiger partial charge in [0.1, 0.15) is 18.1 Å². The molecule has 0 spiro atoms. The number of carbonyl (C=O) groups excluding carboxylic acids is 1. The molecule has 7 heteroatoms. The van der Waals surface area contributed by atoms with Gasteiger partial charge in [-0.05, 0) is 79.8 Å². The van der Waals surface area contributed by atoms with Gasteiger partial charge in [-0.15, -0.1) is 0 Å². The van der Waals surface area contributed by atoms with E-state index in [4.69, 9.17) is 14.2 Å². The minimum absolute atomic E-state index is 0.0222. The second-order valence-corrected chi connectivity index (χ2v) is 10.5. The van der Waals surface area contributed by atoms with Gasteiger partial charge in [0.2, 0.25) is 0 Å². The Hall–Kier alpha value is -3.29. The smallest absolute Gasteiger partial charge is 0.252 e. The lowest BCUT2D eigenvalue weighted by atomic mass is 9.76. The van der Waals surface area contributed by atoms with Crippen LogP contribution in [-0.2, 0) is 17.8 Å². The highest BCUT2D eigenvalue weighted by atomic mass is 16.5. The molecule has 202 valence electrons. The van der Waals surface area contributed by atoms with Crippen molar-refractivity contribution in [1.82, 2.24) is 14.8 Å². The van der Waals surface area contributed by atoms with Gasteiger partial charge in [-0.1, -0.05) is 18.2 Å². The molecule has 7 nitrogen and oxygen atoms in total. The summed E-state index contributed by atoms with van der Waals surface area (Å²) in [5.74, 6) is 2.24. The van der Waals surface area contributed by atoms with Crippen LogP contribution in [0.15, 0.2) is 60.9 Å². The van der Waals surface area contributed by atoms with Gasteiger partial charge in [-0.25, -0.2) is 0 Å². The van der Waals surface area contributed by atoms with Crippen LogP contribution < -0.4 is 14.8 Å². The summed E-state index contributed by atoms with van der Waals surface area (Å²) in [6.07, 6.45) is 5.42. The van der Waals surface area contributed by atoms with E-state index in [1.807, 2.05) is 24.3 Å². The van der Waals surface area contributed by atoms with Gasteiger partial charge in [-0.3, -0.25) is 9.69 Å².